The van der Waals surface area contributed by atoms with Gasteiger partial charge in [0.25, 0.3) is 0 Å². The minimum absolute atomic E-state index is 0.321. The van der Waals surface area contributed by atoms with E-state index in [1.54, 1.807) is 43.8 Å². The highest BCUT2D eigenvalue weighted by Gasteiger charge is 2.26. The lowest BCUT2D eigenvalue weighted by molar-refractivity contribution is 0.0636. The highest BCUT2D eigenvalue weighted by molar-refractivity contribution is 7.19. The van der Waals surface area contributed by atoms with Crippen LogP contribution in [0.3, 0.4) is 0 Å². The maximum atomic E-state index is 13.0. The van der Waals surface area contributed by atoms with E-state index < -0.39 is 23.4 Å². The summed E-state index contributed by atoms with van der Waals surface area (Å²) in [5.41, 5.74) is 6.81. The molecule has 190 valence electrons. The number of hydrogen-bond donors (Lipinski definition) is 2. The van der Waals surface area contributed by atoms with Crippen molar-refractivity contribution >= 4 is 50.2 Å². The third-order valence-electron chi connectivity index (χ3n) is 5.66. The van der Waals surface area contributed by atoms with Crippen LogP contribution < -0.4 is 16.7 Å². The van der Waals surface area contributed by atoms with Crippen molar-refractivity contribution < 1.29 is 13.9 Å². The molecular weight excluding hydrogens is 494 g/mol. The molecule has 1 aromatic carbocycles. The fraction of sp³-hybridized carbons (Fsp3) is 0.280. The number of thiazole rings is 1. The topological polar surface area (TPSA) is 151 Å². The molecule has 1 atom stereocenters. The first-order chi connectivity index (χ1) is 17.5. The Balaban J connectivity index is 1.66. The second-order valence-electron chi connectivity index (χ2n) is 9.49. The van der Waals surface area contributed by atoms with E-state index in [4.69, 9.17) is 14.9 Å². The summed E-state index contributed by atoms with van der Waals surface area (Å²) in [7, 11) is 0. The van der Waals surface area contributed by atoms with E-state index in [-0.39, 0.29) is 0 Å². The van der Waals surface area contributed by atoms with Crippen LogP contribution in [0.2, 0.25) is 0 Å². The van der Waals surface area contributed by atoms with E-state index in [0.29, 0.717) is 54.7 Å². The minimum Gasteiger partial charge on any atom is -0.444 e. The van der Waals surface area contributed by atoms with Crippen LogP contribution >= 0.6 is 11.3 Å². The molecule has 4 heterocycles. The van der Waals surface area contributed by atoms with Gasteiger partial charge in [-0.15, -0.1) is 0 Å². The number of fused-ring (bicyclic) bond motifs is 2. The van der Waals surface area contributed by atoms with Crippen LogP contribution in [0.5, 0.6) is 0 Å². The number of carbonyl (C=O) groups excluding carboxylic acids is 1. The first-order valence-electron chi connectivity index (χ1n) is 11.5. The highest BCUT2D eigenvalue weighted by Crippen LogP contribution is 2.40. The van der Waals surface area contributed by atoms with Gasteiger partial charge in [0.2, 0.25) is 0 Å². The Morgan fingerprint density at radius 1 is 1.19 bits per heavy atom. The molecule has 5 rings (SSSR count). The molecule has 11 nitrogen and oxygen atoms in total. The van der Waals surface area contributed by atoms with Crippen LogP contribution in [0, 0.1) is 6.92 Å². The molecule has 12 heteroatoms. The van der Waals surface area contributed by atoms with Gasteiger partial charge < -0.3 is 14.9 Å². The smallest absolute Gasteiger partial charge is 0.413 e. The van der Waals surface area contributed by atoms with Crippen molar-refractivity contribution in [3.63, 3.8) is 0 Å². The van der Waals surface area contributed by atoms with Crippen LogP contribution in [0.4, 0.5) is 15.7 Å². The molecule has 0 bridgehead atoms. The van der Waals surface area contributed by atoms with Crippen LogP contribution in [0.25, 0.3) is 32.2 Å². The molecule has 4 aromatic heterocycles. The van der Waals surface area contributed by atoms with Gasteiger partial charge in [-0.2, -0.15) is 5.10 Å². The minimum atomic E-state index is -0.649. The third-order valence-corrected chi connectivity index (χ3v) is 6.60. The zero-order chi connectivity index (χ0) is 26.5. The number of rotatable bonds is 4. The quantitative estimate of drug-likeness (QED) is 0.338. The van der Waals surface area contributed by atoms with Gasteiger partial charge >= 0.3 is 11.7 Å². The number of amides is 1. The van der Waals surface area contributed by atoms with Crippen LogP contribution in [-0.4, -0.2) is 36.4 Å². The zero-order valence-electron chi connectivity index (χ0n) is 20.9. The third kappa shape index (κ3) is 4.51. The van der Waals surface area contributed by atoms with Gasteiger partial charge in [0.1, 0.15) is 29.5 Å². The first-order valence-corrected chi connectivity index (χ1v) is 12.3. The molecule has 0 spiro atoms. The highest BCUT2D eigenvalue weighted by atomic mass is 32.1. The lowest BCUT2D eigenvalue weighted by atomic mass is 10.0. The number of hydrogen-bond acceptors (Lipinski definition) is 10. The normalized spacial score (nSPS) is 12.7. The zero-order valence-corrected chi connectivity index (χ0v) is 21.7. The number of nitrogens with one attached hydrogen (secondary N) is 1. The molecule has 0 aliphatic carbocycles. The predicted molar refractivity (Wildman–Crippen MR) is 142 cm³/mol. The van der Waals surface area contributed by atoms with Crippen molar-refractivity contribution in [2.75, 3.05) is 11.1 Å². The van der Waals surface area contributed by atoms with Crippen LogP contribution in [0.15, 0.2) is 46.0 Å². The van der Waals surface area contributed by atoms with E-state index in [1.165, 1.54) is 17.7 Å². The predicted octanol–water partition coefficient (Wildman–Crippen LogP) is 4.90. The number of nitrogens with zero attached hydrogens (tertiary/aromatic N) is 5. The van der Waals surface area contributed by atoms with Gasteiger partial charge in [-0.05, 0) is 40.7 Å². The fourth-order valence-electron chi connectivity index (χ4n) is 4.15. The summed E-state index contributed by atoms with van der Waals surface area (Å²) in [6.07, 6.45) is 2.39. The maximum Gasteiger partial charge on any atom is 0.413 e. The second-order valence-corrected chi connectivity index (χ2v) is 10.5. The summed E-state index contributed by atoms with van der Waals surface area (Å²) in [5, 5.41) is 9.41. The number of ether oxygens (including phenoxy) is 1. The standard InChI is InChI=1S/C25H25N7O4S/c1-12-17-20(26)28-11-29-21(17)32(31-12)13(2)19-18(14-8-6-7-9-15(14)22(33)35-19)16-10-27-23(37-16)30-24(34)36-25(3,4)5/h6-11,13H,1-5H3,(H2,26,28,29)(H,27,30,34). The Kier molecular flexibility index (Phi) is 5.91. The van der Waals surface area contributed by atoms with Gasteiger partial charge in [0.05, 0.1) is 21.3 Å². The molecule has 1 unspecified atom stereocenters. The molecule has 0 radical (unpaired) electrons. The molecule has 0 aliphatic rings. The fourth-order valence-corrected chi connectivity index (χ4v) is 5.02. The Hall–Kier alpha value is -4.32. The van der Waals surface area contributed by atoms with Gasteiger partial charge in [0, 0.05) is 17.1 Å². The van der Waals surface area contributed by atoms with E-state index in [9.17, 15) is 9.59 Å². The van der Waals surface area contributed by atoms with Crippen molar-refractivity contribution in [2.24, 2.45) is 0 Å². The number of anilines is 2. The first kappa shape index (κ1) is 24.4. The van der Waals surface area contributed by atoms with Crippen molar-refractivity contribution in [1.82, 2.24) is 24.7 Å². The summed E-state index contributed by atoms with van der Waals surface area (Å²) in [6.45, 7) is 9.03. The molecule has 37 heavy (non-hydrogen) atoms. The SMILES string of the molecule is Cc1nn(C(C)c2oc(=O)c3ccccc3c2-c2cnc(NC(=O)OC(C)(C)C)s2)c2ncnc(N)c12. The number of aryl methyl sites for hydroxylation is 1. The Morgan fingerprint density at radius 3 is 2.65 bits per heavy atom. The monoisotopic (exact) mass is 519 g/mol. The molecule has 5 aromatic rings. The number of aromatic nitrogens is 5. The average Bonchev–Trinajstić information content (AvgIpc) is 3.42. The van der Waals surface area contributed by atoms with Crippen LogP contribution in [-0.2, 0) is 4.74 Å². The van der Waals surface area contributed by atoms with E-state index in [0.717, 1.165) is 0 Å². The summed E-state index contributed by atoms with van der Waals surface area (Å²) in [5.74, 6) is 0.694. The maximum absolute atomic E-state index is 13.0. The van der Waals surface area contributed by atoms with Crippen molar-refractivity contribution in [3.05, 3.63) is 58.7 Å². The number of nitrogen functional groups attached to an aromatic ring is 1. The van der Waals surface area contributed by atoms with E-state index >= 15 is 0 Å². The van der Waals surface area contributed by atoms with Gasteiger partial charge in [-0.3, -0.25) is 5.32 Å². The molecule has 0 saturated carbocycles. The Labute approximate surface area is 215 Å². The van der Waals surface area contributed by atoms with E-state index in [2.05, 4.69) is 25.4 Å². The molecule has 0 saturated heterocycles. The molecule has 0 aliphatic heterocycles. The Bertz CT molecular complexity index is 1710. The summed E-state index contributed by atoms with van der Waals surface area (Å²) < 4.78 is 12.9. The summed E-state index contributed by atoms with van der Waals surface area (Å²) in [4.78, 5) is 38.8. The van der Waals surface area contributed by atoms with Crippen molar-refractivity contribution in [2.45, 2.75) is 46.3 Å². The van der Waals surface area contributed by atoms with Crippen molar-refractivity contribution in [1.29, 1.82) is 0 Å². The number of nitrogens with two attached hydrogens (primary N) is 1. The average molecular weight is 520 g/mol. The molecule has 3 N–H and O–H groups in total. The van der Waals surface area contributed by atoms with Gasteiger partial charge in [0.15, 0.2) is 10.8 Å². The van der Waals surface area contributed by atoms with Gasteiger partial charge in [-0.1, -0.05) is 29.5 Å². The van der Waals surface area contributed by atoms with Crippen LogP contribution in [0.1, 0.15) is 45.2 Å². The molecule has 0 fully saturated rings. The number of carbonyl (C=O) groups is 1. The lowest BCUT2D eigenvalue weighted by Crippen LogP contribution is -2.27. The van der Waals surface area contributed by atoms with Gasteiger partial charge in [-0.25, -0.2) is 29.2 Å². The number of benzene rings is 1. The largest absolute Gasteiger partial charge is 0.444 e. The molecular formula is C25H25N7O4S. The van der Waals surface area contributed by atoms with E-state index in [1.807, 2.05) is 26.0 Å². The summed E-state index contributed by atoms with van der Waals surface area (Å²) >= 11 is 1.24. The lowest BCUT2D eigenvalue weighted by Gasteiger charge is -2.19. The van der Waals surface area contributed by atoms with Crippen molar-refractivity contribution in [3.8, 4) is 10.4 Å². The Morgan fingerprint density at radius 2 is 1.92 bits per heavy atom. The summed E-state index contributed by atoms with van der Waals surface area (Å²) in [6, 6.07) is 6.65. The molecule has 1 amide bonds. The second kappa shape index (κ2) is 8.96.